The molecule has 0 spiro atoms. The van der Waals surface area contributed by atoms with Crippen LogP contribution >= 0.6 is 7.75 Å². The molecular weight excluding hydrogens is 619 g/mol. The third-order valence-corrected chi connectivity index (χ3v) is 9.26. The molecule has 16 heteroatoms. The number of fused-ring (bicyclic) bond motifs is 1. The lowest BCUT2D eigenvalue weighted by Crippen LogP contribution is -2.46. The molecule has 2 fully saturated rings. The third-order valence-electron chi connectivity index (χ3n) is 7.64. The summed E-state index contributed by atoms with van der Waals surface area (Å²) in [6, 6.07) is 12.6. The number of esters is 2. The third kappa shape index (κ3) is 7.49. The first-order valence-corrected chi connectivity index (χ1v) is 16.5. The fourth-order valence-electron chi connectivity index (χ4n) is 5.08. The van der Waals surface area contributed by atoms with Crippen LogP contribution in [0.1, 0.15) is 51.8 Å². The van der Waals surface area contributed by atoms with Gasteiger partial charge >= 0.3 is 19.7 Å². The van der Waals surface area contributed by atoms with Crippen molar-refractivity contribution in [1.82, 2.24) is 19.7 Å². The minimum absolute atomic E-state index is 0.0521. The normalized spacial score (nSPS) is 23.8. The maximum atomic E-state index is 14.3. The number of nitrogens with zero attached hydrogens (tertiary/aromatic N) is 4. The highest BCUT2D eigenvalue weighted by Crippen LogP contribution is 2.49. The topological polar surface area (TPSA) is 199 Å². The molecule has 2 saturated heterocycles. The van der Waals surface area contributed by atoms with Gasteiger partial charge in [0.2, 0.25) is 5.60 Å². The van der Waals surface area contributed by atoms with Crippen LogP contribution in [-0.4, -0.2) is 70.2 Å². The molecule has 0 bridgehead atoms. The predicted octanol–water partition coefficient (Wildman–Crippen LogP) is 3.51. The second-order valence-electron chi connectivity index (χ2n) is 11.4. The second-order valence-corrected chi connectivity index (χ2v) is 13.1. The lowest BCUT2D eigenvalue weighted by atomic mass is 9.98. The Labute approximate surface area is 265 Å². The molecule has 3 N–H and O–H groups in total. The lowest BCUT2D eigenvalue weighted by molar-refractivity contribution is -0.161. The van der Waals surface area contributed by atoms with Crippen molar-refractivity contribution in [2.75, 3.05) is 25.6 Å². The number of nitrogen functional groups attached to an aromatic ring is 1. The zero-order valence-electron chi connectivity index (χ0n) is 25.7. The van der Waals surface area contributed by atoms with Crippen LogP contribution in [0.3, 0.4) is 0 Å². The number of aromatic nitrogens is 3. The van der Waals surface area contributed by atoms with E-state index in [-0.39, 0.29) is 24.1 Å². The Morgan fingerprint density at radius 1 is 1.15 bits per heavy atom. The fraction of sp³-hybridized carbons (Fsp3) is 0.500. The highest BCUT2D eigenvalue weighted by atomic mass is 31.2. The van der Waals surface area contributed by atoms with E-state index in [0.717, 1.165) is 0 Å². The van der Waals surface area contributed by atoms with Crippen LogP contribution in [0, 0.1) is 17.2 Å². The predicted molar refractivity (Wildman–Crippen MR) is 162 cm³/mol. The molecular formula is C30H37N6O9P. The first-order valence-electron chi connectivity index (χ1n) is 15.0. The van der Waals surface area contributed by atoms with E-state index in [4.69, 9.17) is 33.7 Å². The van der Waals surface area contributed by atoms with Crippen molar-refractivity contribution in [3.05, 3.63) is 54.5 Å². The molecule has 5 atom stereocenters. The van der Waals surface area contributed by atoms with Crippen molar-refractivity contribution >= 4 is 31.0 Å². The summed E-state index contributed by atoms with van der Waals surface area (Å²) in [6.07, 6.45) is 0.147. The first kappa shape index (κ1) is 33.3. The number of hydrogen-bond acceptors (Lipinski definition) is 13. The largest absolute Gasteiger partial charge is 0.461 e. The van der Waals surface area contributed by atoms with Crippen LogP contribution in [0.15, 0.2) is 48.8 Å². The first-order chi connectivity index (χ1) is 22.0. The van der Waals surface area contributed by atoms with Gasteiger partial charge in [-0.3, -0.25) is 14.1 Å². The van der Waals surface area contributed by atoms with Gasteiger partial charge in [-0.1, -0.05) is 32.0 Å². The van der Waals surface area contributed by atoms with Crippen molar-refractivity contribution in [2.45, 2.75) is 70.0 Å². The number of anilines is 1. The number of carbonyl (C=O) groups excluding carboxylic acids is 2. The van der Waals surface area contributed by atoms with E-state index in [1.54, 1.807) is 56.3 Å². The average molecular weight is 657 g/mol. The Balaban J connectivity index is 1.40. The highest BCUT2D eigenvalue weighted by molar-refractivity contribution is 7.52. The zero-order valence-corrected chi connectivity index (χ0v) is 26.6. The summed E-state index contributed by atoms with van der Waals surface area (Å²) < 4.78 is 50.4. The van der Waals surface area contributed by atoms with Crippen LogP contribution in [0.25, 0.3) is 5.52 Å². The van der Waals surface area contributed by atoms with Crippen LogP contribution in [0.2, 0.25) is 0 Å². The van der Waals surface area contributed by atoms with Gasteiger partial charge in [0.05, 0.1) is 24.8 Å². The molecule has 1 aromatic carbocycles. The molecule has 4 heterocycles. The molecule has 3 aromatic rings. The summed E-state index contributed by atoms with van der Waals surface area (Å²) in [5.74, 6) is -1.31. The Hall–Kier alpha value is -4.06. The van der Waals surface area contributed by atoms with Crippen molar-refractivity contribution < 1.29 is 42.1 Å². The van der Waals surface area contributed by atoms with Crippen LogP contribution < -0.4 is 15.3 Å². The molecule has 0 radical (unpaired) electrons. The van der Waals surface area contributed by atoms with Gasteiger partial charge in [0, 0.05) is 19.3 Å². The number of nitrogens with one attached hydrogen (secondary N) is 1. The molecule has 5 rings (SSSR count). The van der Waals surface area contributed by atoms with E-state index in [9.17, 15) is 19.4 Å². The van der Waals surface area contributed by atoms with Crippen molar-refractivity contribution in [2.24, 2.45) is 5.92 Å². The molecule has 0 saturated carbocycles. The van der Waals surface area contributed by atoms with Gasteiger partial charge in [0.1, 0.15) is 54.6 Å². The minimum atomic E-state index is -4.41. The summed E-state index contributed by atoms with van der Waals surface area (Å²) in [4.78, 5) is 29.7. The van der Waals surface area contributed by atoms with E-state index < -0.39 is 56.1 Å². The Morgan fingerprint density at radius 3 is 2.59 bits per heavy atom. The maximum Gasteiger partial charge on any atom is 0.459 e. The number of hydrogen-bond donors (Lipinski definition) is 2. The van der Waals surface area contributed by atoms with Gasteiger partial charge < -0.3 is 29.2 Å². The van der Waals surface area contributed by atoms with E-state index in [0.29, 0.717) is 37.3 Å². The van der Waals surface area contributed by atoms with E-state index in [1.165, 1.54) is 17.8 Å². The van der Waals surface area contributed by atoms with Gasteiger partial charge in [0.25, 0.3) is 0 Å². The number of para-hydroxylation sites is 1. The summed E-state index contributed by atoms with van der Waals surface area (Å²) >= 11 is 0. The van der Waals surface area contributed by atoms with Crippen molar-refractivity contribution in [3.8, 4) is 11.8 Å². The Kier molecular flexibility index (Phi) is 10.2. The molecule has 2 aliphatic rings. The summed E-state index contributed by atoms with van der Waals surface area (Å²) in [7, 11) is -4.41. The average Bonchev–Trinajstić information content (AvgIpc) is 3.63. The number of benzene rings is 1. The highest BCUT2D eigenvalue weighted by Gasteiger charge is 2.55. The van der Waals surface area contributed by atoms with Crippen LogP contribution in [0.5, 0.6) is 5.75 Å². The van der Waals surface area contributed by atoms with E-state index >= 15 is 0 Å². The van der Waals surface area contributed by atoms with Gasteiger partial charge in [-0.2, -0.15) is 15.4 Å². The van der Waals surface area contributed by atoms with Crippen LogP contribution in [-0.2, 0) is 37.6 Å². The summed E-state index contributed by atoms with van der Waals surface area (Å²) in [6.45, 7) is 5.07. The second kappa shape index (κ2) is 14.1. The van der Waals surface area contributed by atoms with Gasteiger partial charge in [-0.25, -0.2) is 14.1 Å². The zero-order chi connectivity index (χ0) is 32.9. The summed E-state index contributed by atoms with van der Waals surface area (Å²) in [5.41, 5.74) is 5.12. The number of carbonyl (C=O) groups is 2. The molecule has 246 valence electrons. The molecule has 2 aromatic heterocycles. The SMILES string of the molecule is CC(C)C(=O)O[C@H]1C[C@H](c2ccc3c(N)ncnn23)O[C@]1(C#N)COP(=O)(N[C@@H](C)C(=O)OC1CCOCC1)Oc1ccccc1. The van der Waals surface area contributed by atoms with Crippen LogP contribution in [0.4, 0.5) is 5.82 Å². The van der Waals surface area contributed by atoms with Gasteiger partial charge in [-0.05, 0) is 31.2 Å². The fourth-order valence-corrected chi connectivity index (χ4v) is 6.60. The van der Waals surface area contributed by atoms with Gasteiger partial charge in [-0.15, -0.1) is 0 Å². The minimum Gasteiger partial charge on any atom is -0.461 e. The number of nitrogens with two attached hydrogens (primary N) is 1. The molecule has 15 nitrogen and oxygen atoms in total. The molecule has 2 aliphatic heterocycles. The van der Waals surface area contributed by atoms with Gasteiger partial charge in [0.15, 0.2) is 5.82 Å². The van der Waals surface area contributed by atoms with E-state index in [1.807, 2.05) is 0 Å². The Morgan fingerprint density at radius 2 is 1.89 bits per heavy atom. The molecule has 46 heavy (non-hydrogen) atoms. The molecule has 0 aliphatic carbocycles. The number of nitriles is 1. The van der Waals surface area contributed by atoms with Crippen molar-refractivity contribution in [1.29, 1.82) is 5.26 Å². The molecule has 0 amide bonds. The maximum absolute atomic E-state index is 14.3. The summed E-state index contributed by atoms with van der Waals surface area (Å²) in [5, 5.41) is 17.4. The monoisotopic (exact) mass is 656 g/mol. The number of ether oxygens (including phenoxy) is 4. The molecule has 1 unspecified atom stereocenters. The lowest BCUT2D eigenvalue weighted by Gasteiger charge is -2.30. The standard InChI is InChI=1S/C30H37N6O9P/c1-19(2)28(37)43-26-15-25(23-9-10-24-27(32)33-18-34-36(23)24)44-30(26,16-31)17-41-46(39,45-22-7-5-4-6-8-22)35-20(3)29(38)42-21-11-13-40-14-12-21/h4-10,18-21,25-26H,11-15,17H2,1-3H3,(H,35,39)(H2,32,33,34)/t20-,25+,26-,30+,46?/m0/s1. The van der Waals surface area contributed by atoms with E-state index in [2.05, 4.69) is 21.2 Å². The van der Waals surface area contributed by atoms with Crippen molar-refractivity contribution in [3.63, 3.8) is 0 Å². The smallest absolute Gasteiger partial charge is 0.459 e. The number of rotatable bonds is 12. The Bertz CT molecular complexity index is 1620. The quantitative estimate of drug-likeness (QED) is 0.212.